The van der Waals surface area contributed by atoms with Crippen LogP contribution in [0.5, 0.6) is 0 Å². The molecule has 33 heavy (non-hydrogen) atoms. The molecule has 0 aliphatic carbocycles. The van der Waals surface area contributed by atoms with Gasteiger partial charge in [0.05, 0.1) is 6.04 Å². The third-order valence-corrected chi connectivity index (χ3v) is 5.96. The first-order valence-electron chi connectivity index (χ1n) is 10.6. The molecule has 4 aromatic rings. The van der Waals surface area contributed by atoms with Crippen LogP contribution in [0.3, 0.4) is 0 Å². The van der Waals surface area contributed by atoms with Gasteiger partial charge < -0.3 is 10.6 Å². The van der Waals surface area contributed by atoms with Gasteiger partial charge in [-0.3, -0.25) is 9.59 Å². The van der Waals surface area contributed by atoms with Crippen molar-refractivity contribution in [1.82, 2.24) is 10.6 Å². The van der Waals surface area contributed by atoms with Gasteiger partial charge in [-0.1, -0.05) is 84.4 Å². The Labute approximate surface area is 197 Å². The lowest BCUT2D eigenvalue weighted by Gasteiger charge is -2.21. The normalized spacial score (nSPS) is 11.3. The average Bonchev–Trinajstić information content (AvgIpc) is 3.36. The van der Waals surface area contributed by atoms with E-state index in [2.05, 4.69) is 10.6 Å². The van der Waals surface area contributed by atoms with E-state index in [1.165, 1.54) is 11.3 Å². The molecule has 0 aliphatic heterocycles. The molecule has 5 heteroatoms. The Kier molecular flexibility index (Phi) is 7.12. The van der Waals surface area contributed by atoms with Crippen LogP contribution in [-0.2, 0) is 4.79 Å². The zero-order valence-corrected chi connectivity index (χ0v) is 19.0. The predicted octanol–water partition coefficient (Wildman–Crippen LogP) is 5.73. The molecular weight excluding hydrogens is 428 g/mol. The molecule has 2 amide bonds. The summed E-state index contributed by atoms with van der Waals surface area (Å²) < 4.78 is 0. The van der Waals surface area contributed by atoms with E-state index < -0.39 is 0 Å². The van der Waals surface area contributed by atoms with Crippen LogP contribution in [-0.4, -0.2) is 11.8 Å². The highest BCUT2D eigenvalue weighted by Gasteiger charge is 2.21. The molecular formula is C28H24N2O2S. The lowest BCUT2D eigenvalue weighted by Crippen LogP contribution is -2.37. The number of thiophene rings is 1. The topological polar surface area (TPSA) is 58.2 Å². The summed E-state index contributed by atoms with van der Waals surface area (Å²) in [7, 11) is 0. The Morgan fingerprint density at radius 3 is 2.06 bits per heavy atom. The van der Waals surface area contributed by atoms with E-state index in [1.54, 1.807) is 18.2 Å². The average molecular weight is 453 g/mol. The van der Waals surface area contributed by atoms with Crippen LogP contribution >= 0.6 is 11.3 Å². The van der Waals surface area contributed by atoms with Crippen molar-refractivity contribution in [3.05, 3.63) is 135 Å². The molecule has 3 aromatic carbocycles. The van der Waals surface area contributed by atoms with Crippen molar-refractivity contribution in [1.29, 1.82) is 0 Å². The molecule has 0 atom stereocenters. The maximum absolute atomic E-state index is 13.5. The van der Waals surface area contributed by atoms with Crippen LogP contribution in [0.1, 0.15) is 38.0 Å². The molecule has 0 aliphatic rings. The summed E-state index contributed by atoms with van der Waals surface area (Å²) in [6.07, 6.45) is 1.71. The van der Waals surface area contributed by atoms with Gasteiger partial charge in [-0.15, -0.1) is 11.3 Å². The second kappa shape index (κ2) is 10.6. The zero-order chi connectivity index (χ0) is 23.0. The molecule has 0 fully saturated rings. The summed E-state index contributed by atoms with van der Waals surface area (Å²) in [5, 5.41) is 7.87. The predicted molar refractivity (Wildman–Crippen MR) is 134 cm³/mol. The van der Waals surface area contributed by atoms with Crippen LogP contribution in [0, 0.1) is 6.92 Å². The van der Waals surface area contributed by atoms with Gasteiger partial charge in [0.15, 0.2) is 0 Å². The highest BCUT2D eigenvalue weighted by atomic mass is 32.1. The van der Waals surface area contributed by atoms with Gasteiger partial charge in [0.2, 0.25) is 0 Å². The minimum absolute atomic E-state index is 0.195. The summed E-state index contributed by atoms with van der Waals surface area (Å²) in [5.41, 5.74) is 3.59. The van der Waals surface area contributed by atoms with E-state index in [9.17, 15) is 9.59 Å². The molecule has 0 spiro atoms. The van der Waals surface area contributed by atoms with Gasteiger partial charge in [-0.2, -0.15) is 0 Å². The Balaban J connectivity index is 1.64. The van der Waals surface area contributed by atoms with E-state index >= 15 is 0 Å². The summed E-state index contributed by atoms with van der Waals surface area (Å²) in [4.78, 5) is 27.3. The second-order valence-corrected chi connectivity index (χ2v) is 8.60. The summed E-state index contributed by atoms with van der Waals surface area (Å²) in [5.74, 6) is -0.685. The fourth-order valence-corrected chi connectivity index (χ4v) is 4.17. The quantitative estimate of drug-likeness (QED) is 0.352. The SMILES string of the molecule is Cc1cccc(C(=O)N/C(=C\c2cccs2)C(=O)NC(c2ccccc2)c2ccccc2)c1. The molecule has 1 heterocycles. The van der Waals surface area contributed by atoms with Gasteiger partial charge in [0, 0.05) is 10.4 Å². The lowest BCUT2D eigenvalue weighted by atomic mass is 9.98. The van der Waals surface area contributed by atoms with E-state index in [-0.39, 0.29) is 23.6 Å². The Morgan fingerprint density at radius 1 is 0.818 bits per heavy atom. The number of hydrogen-bond donors (Lipinski definition) is 2. The molecule has 0 radical (unpaired) electrons. The van der Waals surface area contributed by atoms with Crippen molar-refractivity contribution in [2.75, 3.05) is 0 Å². The first-order chi connectivity index (χ1) is 16.1. The summed E-state index contributed by atoms with van der Waals surface area (Å²) >= 11 is 1.50. The molecule has 0 saturated heterocycles. The molecule has 0 saturated carbocycles. The molecule has 0 unspecified atom stereocenters. The van der Waals surface area contributed by atoms with E-state index in [1.807, 2.05) is 97.2 Å². The van der Waals surface area contributed by atoms with Crippen molar-refractivity contribution < 1.29 is 9.59 Å². The molecule has 4 rings (SSSR count). The number of amides is 2. The summed E-state index contributed by atoms with van der Waals surface area (Å²) in [6, 6.07) is 30.3. The first-order valence-corrected chi connectivity index (χ1v) is 11.5. The number of rotatable bonds is 7. The van der Waals surface area contributed by atoms with Gasteiger partial charge in [-0.25, -0.2) is 0 Å². The maximum Gasteiger partial charge on any atom is 0.268 e. The third-order valence-electron chi connectivity index (χ3n) is 5.14. The molecule has 2 N–H and O–H groups in total. The lowest BCUT2D eigenvalue weighted by molar-refractivity contribution is -0.118. The van der Waals surface area contributed by atoms with Crippen molar-refractivity contribution in [3.63, 3.8) is 0 Å². The number of hydrogen-bond acceptors (Lipinski definition) is 3. The zero-order valence-electron chi connectivity index (χ0n) is 18.2. The van der Waals surface area contributed by atoms with E-state index in [4.69, 9.17) is 0 Å². The molecule has 1 aromatic heterocycles. The number of benzene rings is 3. The van der Waals surface area contributed by atoms with Gasteiger partial charge in [0.1, 0.15) is 5.70 Å². The Hall–Kier alpha value is -3.96. The molecule has 4 nitrogen and oxygen atoms in total. The fourth-order valence-electron chi connectivity index (χ4n) is 3.51. The maximum atomic E-state index is 13.5. The van der Waals surface area contributed by atoms with Crippen molar-refractivity contribution in [3.8, 4) is 0 Å². The number of nitrogens with one attached hydrogen (secondary N) is 2. The van der Waals surface area contributed by atoms with Crippen molar-refractivity contribution in [2.24, 2.45) is 0 Å². The van der Waals surface area contributed by atoms with Crippen LogP contribution in [0.2, 0.25) is 0 Å². The number of carbonyl (C=O) groups is 2. The van der Waals surface area contributed by atoms with Crippen LogP contribution in [0.15, 0.2) is 108 Å². The number of aryl methyl sites for hydroxylation is 1. The van der Waals surface area contributed by atoms with Gasteiger partial charge in [-0.05, 0) is 47.7 Å². The third kappa shape index (κ3) is 5.84. The minimum Gasteiger partial charge on any atom is -0.340 e. The highest BCUT2D eigenvalue weighted by Crippen LogP contribution is 2.23. The van der Waals surface area contributed by atoms with Gasteiger partial charge in [0.25, 0.3) is 11.8 Å². The second-order valence-electron chi connectivity index (χ2n) is 7.62. The highest BCUT2D eigenvalue weighted by molar-refractivity contribution is 7.10. The number of carbonyl (C=O) groups excluding carboxylic acids is 2. The fraction of sp³-hybridized carbons (Fsp3) is 0.0714. The van der Waals surface area contributed by atoms with Crippen LogP contribution in [0.4, 0.5) is 0 Å². The summed E-state index contributed by atoms with van der Waals surface area (Å²) in [6.45, 7) is 1.93. The van der Waals surface area contributed by atoms with Crippen LogP contribution in [0.25, 0.3) is 6.08 Å². The monoisotopic (exact) mass is 452 g/mol. The van der Waals surface area contributed by atoms with Crippen molar-refractivity contribution >= 4 is 29.2 Å². The Morgan fingerprint density at radius 2 is 1.48 bits per heavy atom. The molecule has 164 valence electrons. The minimum atomic E-state index is -0.359. The van der Waals surface area contributed by atoms with E-state index in [0.717, 1.165) is 21.6 Å². The smallest absolute Gasteiger partial charge is 0.268 e. The van der Waals surface area contributed by atoms with E-state index in [0.29, 0.717) is 5.56 Å². The first kappa shape index (κ1) is 22.2. The molecule has 0 bridgehead atoms. The Bertz CT molecular complexity index is 1210. The largest absolute Gasteiger partial charge is 0.340 e. The van der Waals surface area contributed by atoms with Crippen molar-refractivity contribution in [2.45, 2.75) is 13.0 Å². The standard InChI is InChI=1S/C28H24N2O2S/c1-20-10-8-15-23(18-20)27(31)29-25(19-24-16-9-17-33-24)28(32)30-26(21-11-4-2-5-12-21)22-13-6-3-7-14-22/h2-19,26H,1H3,(H,29,31)(H,30,32)/b25-19-. The van der Waals surface area contributed by atoms with Gasteiger partial charge >= 0.3 is 0 Å². The van der Waals surface area contributed by atoms with Crippen LogP contribution < -0.4 is 10.6 Å².